The highest BCUT2D eigenvalue weighted by molar-refractivity contribution is 7.22. The Morgan fingerprint density at radius 2 is 1.63 bits per heavy atom. The molecule has 0 unspecified atom stereocenters. The number of hydrazone groups is 1. The van der Waals surface area contributed by atoms with Gasteiger partial charge in [-0.3, -0.25) is 4.79 Å². The lowest BCUT2D eigenvalue weighted by atomic mass is 9.83. The summed E-state index contributed by atoms with van der Waals surface area (Å²) in [5.74, 6) is 1.16. The van der Waals surface area contributed by atoms with E-state index in [9.17, 15) is 9.59 Å². The number of esters is 2. The van der Waals surface area contributed by atoms with Crippen molar-refractivity contribution in [3.63, 3.8) is 0 Å². The third-order valence-corrected chi connectivity index (χ3v) is 10.6. The van der Waals surface area contributed by atoms with Gasteiger partial charge in [-0.2, -0.15) is 5.10 Å². The Hall–Kier alpha value is -4.54. The molecule has 0 atom stereocenters. The Morgan fingerprint density at radius 3 is 2.39 bits per heavy atom. The van der Waals surface area contributed by atoms with Gasteiger partial charge in [0.05, 0.1) is 41.1 Å². The number of carbonyl (C=O) groups excluding carboxylic acids is 2. The number of thiazole rings is 1. The summed E-state index contributed by atoms with van der Waals surface area (Å²) >= 11 is 1.59. The Balaban J connectivity index is 1.29. The Morgan fingerprint density at radius 1 is 0.889 bits per heavy atom. The zero-order chi connectivity index (χ0) is 38.0. The molecule has 0 saturated heterocycles. The molecule has 4 aromatic rings. The van der Waals surface area contributed by atoms with Crippen LogP contribution in [0.5, 0.6) is 17.2 Å². The molecule has 1 heterocycles. The summed E-state index contributed by atoms with van der Waals surface area (Å²) in [6, 6.07) is 20.1. The number of benzene rings is 3. The van der Waals surface area contributed by atoms with Crippen LogP contribution in [-0.4, -0.2) is 49.5 Å². The smallest absolute Gasteiger partial charge is 0.343 e. The van der Waals surface area contributed by atoms with Gasteiger partial charge in [0.2, 0.25) is 5.13 Å². The Bertz CT molecular complexity index is 1760. The molecule has 288 valence electrons. The molecule has 0 N–H and O–H groups in total. The molecule has 0 amide bonds. The van der Waals surface area contributed by atoms with Crippen molar-refractivity contribution in [2.45, 2.75) is 90.9 Å². The van der Waals surface area contributed by atoms with Crippen molar-refractivity contribution in [2.24, 2.45) is 16.9 Å². The van der Waals surface area contributed by atoms with Gasteiger partial charge >= 0.3 is 11.9 Å². The first-order valence-electron chi connectivity index (χ1n) is 19.6. The maximum Gasteiger partial charge on any atom is 0.343 e. The molecular weight excluding hydrogens is 699 g/mol. The molecule has 1 fully saturated rings. The summed E-state index contributed by atoms with van der Waals surface area (Å²) in [6.07, 6.45) is 15.5. The molecule has 1 aliphatic carbocycles. The third-order valence-electron chi connectivity index (χ3n) is 9.59. The van der Waals surface area contributed by atoms with E-state index in [0.717, 1.165) is 99.0 Å². The van der Waals surface area contributed by atoms with E-state index in [4.69, 9.17) is 29.0 Å². The van der Waals surface area contributed by atoms with Crippen LogP contribution in [-0.2, 0) is 9.53 Å². The number of fused-ring (bicyclic) bond motifs is 1. The van der Waals surface area contributed by atoms with Gasteiger partial charge in [-0.1, -0.05) is 69.1 Å². The average molecular weight is 754 g/mol. The first-order valence-corrected chi connectivity index (χ1v) is 20.4. The molecule has 1 saturated carbocycles. The molecule has 0 spiro atoms. The predicted octanol–water partition coefficient (Wildman–Crippen LogP) is 10.8. The summed E-state index contributed by atoms with van der Waals surface area (Å²) in [5.41, 5.74) is 1.82. The molecule has 1 aromatic heterocycles. The van der Waals surface area contributed by atoms with Crippen LogP contribution < -0.4 is 19.2 Å². The number of carbonyl (C=O) groups is 2. The molecule has 3 aromatic carbocycles. The maximum atomic E-state index is 13.4. The monoisotopic (exact) mass is 753 g/mol. The fourth-order valence-electron chi connectivity index (χ4n) is 6.34. The number of anilines is 1. The van der Waals surface area contributed by atoms with E-state index in [1.807, 2.05) is 23.2 Å². The number of hydrogen-bond acceptors (Lipinski definition) is 10. The highest BCUT2D eigenvalue weighted by Gasteiger charge is 2.26. The van der Waals surface area contributed by atoms with Crippen LogP contribution in [0.1, 0.15) is 107 Å². The van der Waals surface area contributed by atoms with E-state index in [1.165, 1.54) is 0 Å². The quantitative estimate of drug-likeness (QED) is 0.0195. The van der Waals surface area contributed by atoms with E-state index in [-0.39, 0.29) is 11.9 Å². The molecule has 1 aliphatic rings. The number of rotatable bonds is 22. The van der Waals surface area contributed by atoms with Crippen LogP contribution in [0.2, 0.25) is 0 Å². The van der Waals surface area contributed by atoms with Crippen molar-refractivity contribution in [2.75, 3.05) is 31.4 Å². The molecule has 10 heteroatoms. The minimum absolute atomic E-state index is 0.118. The first-order chi connectivity index (χ1) is 26.4. The van der Waals surface area contributed by atoms with Gasteiger partial charge in [-0.05, 0) is 112 Å². The summed E-state index contributed by atoms with van der Waals surface area (Å²) in [4.78, 5) is 31.4. The van der Waals surface area contributed by atoms with Crippen molar-refractivity contribution in [3.8, 4) is 17.2 Å². The second-order valence-corrected chi connectivity index (χ2v) is 15.0. The van der Waals surface area contributed by atoms with Crippen molar-refractivity contribution < 1.29 is 28.5 Å². The van der Waals surface area contributed by atoms with E-state index < -0.39 is 5.97 Å². The zero-order valence-electron chi connectivity index (χ0n) is 31.9. The summed E-state index contributed by atoms with van der Waals surface area (Å²) in [6.45, 7) is 10.7. The normalized spacial score (nSPS) is 15.7. The molecule has 54 heavy (non-hydrogen) atoms. The summed E-state index contributed by atoms with van der Waals surface area (Å²) in [5, 5.41) is 7.58. The average Bonchev–Trinajstić information content (AvgIpc) is 3.62. The summed E-state index contributed by atoms with van der Waals surface area (Å²) < 4.78 is 24.3. The van der Waals surface area contributed by atoms with Crippen LogP contribution in [0, 0.1) is 11.8 Å². The van der Waals surface area contributed by atoms with E-state index in [1.54, 1.807) is 66.1 Å². The van der Waals surface area contributed by atoms with Crippen LogP contribution in [0.3, 0.4) is 0 Å². The minimum Gasteiger partial charge on any atom is -0.494 e. The highest BCUT2D eigenvalue weighted by Crippen LogP contribution is 2.32. The molecule has 5 rings (SSSR count). The number of hydrogen-bond donors (Lipinski definition) is 0. The van der Waals surface area contributed by atoms with Gasteiger partial charge in [-0.25, -0.2) is 14.8 Å². The predicted molar refractivity (Wildman–Crippen MR) is 218 cm³/mol. The lowest BCUT2D eigenvalue weighted by Crippen LogP contribution is -2.25. The van der Waals surface area contributed by atoms with E-state index >= 15 is 0 Å². The minimum atomic E-state index is -0.515. The van der Waals surface area contributed by atoms with Crippen LogP contribution in [0.25, 0.3) is 10.2 Å². The second kappa shape index (κ2) is 22.0. The SMILES string of the molecule is C=CCOCCCCCCOc1ccc(C(=O)Oc2ccc(OC(=O)C3CCC(C)CC3)cc2C=NN(CCCCCC)c2nc3ccccc3s2)cc1. The van der Waals surface area contributed by atoms with Crippen LogP contribution in [0.4, 0.5) is 5.13 Å². The largest absolute Gasteiger partial charge is 0.494 e. The molecule has 0 radical (unpaired) electrons. The number of ether oxygens (including phenoxy) is 4. The van der Waals surface area contributed by atoms with Gasteiger partial charge in [0.15, 0.2) is 0 Å². The van der Waals surface area contributed by atoms with Crippen LogP contribution >= 0.6 is 11.3 Å². The molecule has 9 nitrogen and oxygen atoms in total. The van der Waals surface area contributed by atoms with Crippen molar-refractivity contribution in [1.82, 2.24) is 4.98 Å². The molecule has 0 bridgehead atoms. The van der Waals surface area contributed by atoms with Crippen molar-refractivity contribution in [1.29, 1.82) is 0 Å². The topological polar surface area (TPSA) is 99.5 Å². The highest BCUT2D eigenvalue weighted by atomic mass is 32.1. The Labute approximate surface area is 324 Å². The van der Waals surface area contributed by atoms with Gasteiger partial charge in [0.1, 0.15) is 17.2 Å². The van der Waals surface area contributed by atoms with E-state index in [2.05, 4.69) is 26.5 Å². The number of aromatic nitrogens is 1. The standard InChI is InChI=1S/C44H55N3O6S/c1-4-6-7-12-27-47(44-46-39-15-10-11-16-41(39)54-44)45-32-36-31-38(52-42(48)34-19-17-33(3)18-20-34)25-26-40(36)53-43(49)35-21-23-37(24-22-35)51-30-14-9-8-13-29-50-28-5-2/h5,10-11,15-16,21-26,31-34H,2,4,6-9,12-14,17-20,27-30H2,1,3H3. The number of para-hydroxylation sites is 1. The Kier molecular flexibility index (Phi) is 16.5. The maximum absolute atomic E-state index is 13.4. The fraction of sp³-hybridized carbons (Fsp3) is 0.455. The fourth-order valence-corrected chi connectivity index (χ4v) is 7.28. The molecular formula is C44H55N3O6S. The van der Waals surface area contributed by atoms with Gasteiger partial charge in [0, 0.05) is 18.7 Å². The lowest BCUT2D eigenvalue weighted by molar-refractivity contribution is -0.140. The zero-order valence-corrected chi connectivity index (χ0v) is 32.7. The van der Waals surface area contributed by atoms with Gasteiger partial charge in [0.25, 0.3) is 0 Å². The number of nitrogens with zero attached hydrogens (tertiary/aromatic N) is 3. The second-order valence-electron chi connectivity index (χ2n) is 14.0. The lowest BCUT2D eigenvalue weighted by Gasteiger charge is -2.24. The van der Waals surface area contributed by atoms with Crippen molar-refractivity contribution in [3.05, 3.63) is 90.5 Å². The third kappa shape index (κ3) is 12.8. The number of unbranched alkanes of at least 4 members (excludes halogenated alkanes) is 6. The first kappa shape index (κ1) is 40.6. The summed E-state index contributed by atoms with van der Waals surface area (Å²) in [7, 11) is 0. The molecule has 0 aliphatic heterocycles. The van der Waals surface area contributed by atoms with Gasteiger partial charge < -0.3 is 18.9 Å². The van der Waals surface area contributed by atoms with E-state index in [0.29, 0.717) is 54.1 Å². The van der Waals surface area contributed by atoms with Crippen molar-refractivity contribution >= 4 is 44.8 Å². The van der Waals surface area contributed by atoms with Gasteiger partial charge in [-0.15, -0.1) is 6.58 Å². The van der Waals surface area contributed by atoms with Crippen LogP contribution in [0.15, 0.2) is 84.5 Å².